The summed E-state index contributed by atoms with van der Waals surface area (Å²) in [5.41, 5.74) is 0.981. The lowest BCUT2D eigenvalue weighted by molar-refractivity contribution is 0.0386. The molecule has 1 aliphatic rings. The molecule has 1 N–H and O–H groups in total. The topological polar surface area (TPSA) is 21.3 Å². The number of hydrogen-bond donors (Lipinski definition) is 1. The van der Waals surface area contributed by atoms with Gasteiger partial charge in [-0.2, -0.15) is 0 Å². The predicted octanol–water partition coefficient (Wildman–Crippen LogP) is 3.51. The Kier molecular flexibility index (Phi) is 4.69. The summed E-state index contributed by atoms with van der Waals surface area (Å²) in [6.45, 7) is 4.57. The lowest BCUT2D eigenvalue weighted by atomic mass is 9.97. The first-order chi connectivity index (χ1) is 8.18. The highest BCUT2D eigenvalue weighted by molar-refractivity contribution is 6.35. The summed E-state index contributed by atoms with van der Waals surface area (Å²) in [4.78, 5) is 0. The number of halogens is 2. The Hall–Kier alpha value is -0.280. The second-order valence-electron chi connectivity index (χ2n) is 4.53. The van der Waals surface area contributed by atoms with Crippen LogP contribution in [0.15, 0.2) is 18.2 Å². The molecule has 2 unspecified atom stereocenters. The van der Waals surface area contributed by atoms with E-state index in [1.165, 1.54) is 0 Å². The van der Waals surface area contributed by atoms with Gasteiger partial charge in [-0.3, -0.25) is 0 Å². The second-order valence-corrected chi connectivity index (χ2v) is 5.34. The van der Waals surface area contributed by atoms with Crippen LogP contribution in [0.4, 0.5) is 0 Å². The average molecular weight is 274 g/mol. The fourth-order valence-electron chi connectivity index (χ4n) is 2.12. The van der Waals surface area contributed by atoms with Crippen molar-refractivity contribution in [1.29, 1.82) is 0 Å². The molecule has 94 valence electrons. The van der Waals surface area contributed by atoms with Crippen molar-refractivity contribution in [3.05, 3.63) is 33.8 Å². The van der Waals surface area contributed by atoms with E-state index in [2.05, 4.69) is 12.2 Å². The smallest absolute Gasteiger partial charge is 0.0506 e. The molecule has 4 heteroatoms. The van der Waals surface area contributed by atoms with Gasteiger partial charge in [-0.25, -0.2) is 0 Å². The lowest BCUT2D eigenvalue weighted by Crippen LogP contribution is -2.41. The van der Waals surface area contributed by atoms with Gasteiger partial charge in [0, 0.05) is 34.8 Å². The van der Waals surface area contributed by atoms with Crippen LogP contribution in [0.25, 0.3) is 0 Å². The van der Waals surface area contributed by atoms with Crippen molar-refractivity contribution in [2.45, 2.75) is 25.9 Å². The van der Waals surface area contributed by atoms with E-state index in [4.69, 9.17) is 27.9 Å². The normalized spacial score (nSPS) is 24.9. The van der Waals surface area contributed by atoms with Crippen molar-refractivity contribution in [3.8, 4) is 0 Å². The monoisotopic (exact) mass is 273 g/mol. The minimum Gasteiger partial charge on any atom is -0.381 e. The first-order valence-corrected chi connectivity index (χ1v) is 6.68. The standard InChI is InChI=1S/C13H17Cl2NO/c1-9-8-17-6-5-13(9)16-7-10-11(14)3-2-4-12(10)15/h2-4,9,13,16H,5-8H2,1H3. The minimum atomic E-state index is 0.482. The molecule has 1 fully saturated rings. The predicted molar refractivity (Wildman–Crippen MR) is 71.7 cm³/mol. The van der Waals surface area contributed by atoms with E-state index in [0.717, 1.165) is 35.2 Å². The van der Waals surface area contributed by atoms with Crippen LogP contribution in [-0.4, -0.2) is 19.3 Å². The van der Waals surface area contributed by atoms with Crippen molar-refractivity contribution >= 4 is 23.2 Å². The molecular weight excluding hydrogens is 257 g/mol. The van der Waals surface area contributed by atoms with Crippen LogP contribution in [0.3, 0.4) is 0 Å². The maximum absolute atomic E-state index is 6.13. The van der Waals surface area contributed by atoms with Gasteiger partial charge in [0.25, 0.3) is 0 Å². The maximum Gasteiger partial charge on any atom is 0.0506 e. The van der Waals surface area contributed by atoms with Gasteiger partial charge < -0.3 is 10.1 Å². The lowest BCUT2D eigenvalue weighted by Gasteiger charge is -2.30. The Balaban J connectivity index is 1.97. The van der Waals surface area contributed by atoms with Crippen molar-refractivity contribution < 1.29 is 4.74 Å². The van der Waals surface area contributed by atoms with Gasteiger partial charge in [0.2, 0.25) is 0 Å². The van der Waals surface area contributed by atoms with Crippen molar-refractivity contribution in [2.75, 3.05) is 13.2 Å². The van der Waals surface area contributed by atoms with Crippen LogP contribution < -0.4 is 5.32 Å². The largest absolute Gasteiger partial charge is 0.381 e. The van der Waals surface area contributed by atoms with Crippen LogP contribution >= 0.6 is 23.2 Å². The van der Waals surface area contributed by atoms with Crippen molar-refractivity contribution in [2.24, 2.45) is 5.92 Å². The summed E-state index contributed by atoms with van der Waals surface area (Å²) in [5.74, 6) is 0.532. The molecule has 2 rings (SSSR count). The third-order valence-corrected chi connectivity index (χ3v) is 3.95. The molecule has 0 radical (unpaired) electrons. The number of rotatable bonds is 3. The van der Waals surface area contributed by atoms with Crippen LogP contribution in [0, 0.1) is 5.92 Å². The average Bonchev–Trinajstić information content (AvgIpc) is 2.30. The Morgan fingerprint density at radius 3 is 2.71 bits per heavy atom. The third-order valence-electron chi connectivity index (χ3n) is 3.24. The highest BCUT2D eigenvalue weighted by atomic mass is 35.5. The fraction of sp³-hybridized carbons (Fsp3) is 0.538. The van der Waals surface area contributed by atoms with Gasteiger partial charge in [0.05, 0.1) is 6.61 Å². The maximum atomic E-state index is 6.13. The molecule has 0 saturated carbocycles. The molecule has 1 aromatic carbocycles. The Morgan fingerprint density at radius 2 is 2.06 bits per heavy atom. The molecular formula is C13H17Cl2NO. The molecule has 2 nitrogen and oxygen atoms in total. The van der Waals surface area contributed by atoms with Gasteiger partial charge >= 0.3 is 0 Å². The molecule has 1 aliphatic heterocycles. The zero-order chi connectivity index (χ0) is 12.3. The fourth-order valence-corrected chi connectivity index (χ4v) is 2.65. The van der Waals surface area contributed by atoms with E-state index in [-0.39, 0.29) is 0 Å². The summed E-state index contributed by atoms with van der Waals surface area (Å²) in [6, 6.07) is 6.09. The van der Waals surface area contributed by atoms with E-state index >= 15 is 0 Å². The summed E-state index contributed by atoms with van der Waals surface area (Å²) >= 11 is 12.3. The van der Waals surface area contributed by atoms with Gasteiger partial charge in [-0.05, 0) is 24.5 Å². The molecule has 0 aromatic heterocycles. The molecule has 17 heavy (non-hydrogen) atoms. The van der Waals surface area contributed by atoms with E-state index < -0.39 is 0 Å². The Morgan fingerprint density at radius 1 is 1.35 bits per heavy atom. The first-order valence-electron chi connectivity index (χ1n) is 5.92. The molecule has 1 aromatic rings. The molecule has 0 bridgehead atoms. The molecule has 0 amide bonds. The van der Waals surface area contributed by atoms with E-state index in [0.29, 0.717) is 18.5 Å². The van der Waals surface area contributed by atoms with E-state index in [1.807, 2.05) is 18.2 Å². The first kappa shape index (κ1) is 13.2. The zero-order valence-electron chi connectivity index (χ0n) is 9.88. The van der Waals surface area contributed by atoms with Crippen LogP contribution in [0.2, 0.25) is 10.0 Å². The number of benzene rings is 1. The van der Waals surface area contributed by atoms with Crippen LogP contribution in [0.1, 0.15) is 18.9 Å². The number of hydrogen-bond acceptors (Lipinski definition) is 2. The summed E-state index contributed by atoms with van der Waals surface area (Å²) in [5, 5.41) is 4.97. The third kappa shape index (κ3) is 3.35. The van der Waals surface area contributed by atoms with Crippen molar-refractivity contribution in [3.63, 3.8) is 0 Å². The summed E-state index contributed by atoms with van der Waals surface area (Å²) in [6.07, 6.45) is 1.04. The molecule has 0 aliphatic carbocycles. The highest BCUT2D eigenvalue weighted by Gasteiger charge is 2.21. The SMILES string of the molecule is CC1COCCC1NCc1c(Cl)cccc1Cl. The molecule has 2 atom stereocenters. The van der Waals surface area contributed by atoms with Crippen molar-refractivity contribution in [1.82, 2.24) is 5.32 Å². The molecule has 1 heterocycles. The number of ether oxygens (including phenoxy) is 1. The van der Waals surface area contributed by atoms with Crippen LogP contribution in [0.5, 0.6) is 0 Å². The Bertz CT molecular complexity index is 363. The van der Waals surface area contributed by atoms with Gasteiger partial charge in [0.1, 0.15) is 0 Å². The highest BCUT2D eigenvalue weighted by Crippen LogP contribution is 2.24. The van der Waals surface area contributed by atoms with Gasteiger partial charge in [-0.15, -0.1) is 0 Å². The molecule has 1 saturated heterocycles. The van der Waals surface area contributed by atoms with Gasteiger partial charge in [0.15, 0.2) is 0 Å². The van der Waals surface area contributed by atoms with E-state index in [9.17, 15) is 0 Å². The molecule has 0 spiro atoms. The van der Waals surface area contributed by atoms with Crippen LogP contribution in [-0.2, 0) is 11.3 Å². The Labute approximate surface area is 112 Å². The second kappa shape index (κ2) is 6.05. The summed E-state index contributed by atoms with van der Waals surface area (Å²) < 4.78 is 5.42. The summed E-state index contributed by atoms with van der Waals surface area (Å²) in [7, 11) is 0. The number of nitrogens with one attached hydrogen (secondary N) is 1. The quantitative estimate of drug-likeness (QED) is 0.910. The van der Waals surface area contributed by atoms with E-state index in [1.54, 1.807) is 0 Å². The minimum absolute atomic E-state index is 0.482. The zero-order valence-corrected chi connectivity index (χ0v) is 11.4. The van der Waals surface area contributed by atoms with Gasteiger partial charge in [-0.1, -0.05) is 36.2 Å².